The molecule has 190 valence electrons. The van der Waals surface area contributed by atoms with Crippen LogP contribution >= 0.6 is 11.3 Å². The van der Waals surface area contributed by atoms with Gasteiger partial charge < -0.3 is 20.1 Å². The zero-order valence-corrected chi connectivity index (χ0v) is 20.4. The number of halogens is 3. The molecular weight excluding hydrogens is 471 g/mol. The number of rotatable bonds is 6. The quantitative estimate of drug-likeness (QED) is 0.562. The number of hydrogen-bond donors (Lipinski definition) is 3. The Labute approximate surface area is 200 Å². The van der Waals surface area contributed by atoms with Crippen molar-refractivity contribution in [1.82, 2.24) is 14.7 Å². The van der Waals surface area contributed by atoms with E-state index in [2.05, 4.69) is 10.00 Å². The second-order valence-corrected chi connectivity index (χ2v) is 11.0. The third-order valence-corrected chi connectivity index (χ3v) is 8.48. The van der Waals surface area contributed by atoms with E-state index in [0.717, 1.165) is 16.9 Å². The van der Waals surface area contributed by atoms with Gasteiger partial charge in [0, 0.05) is 41.3 Å². The number of ether oxygens (including phenoxy) is 1. The molecule has 34 heavy (non-hydrogen) atoms. The molecule has 0 aliphatic carbocycles. The van der Waals surface area contributed by atoms with Crippen LogP contribution in [0.4, 0.5) is 13.2 Å². The summed E-state index contributed by atoms with van der Waals surface area (Å²) in [5.74, 6) is 0. The van der Waals surface area contributed by atoms with Crippen LogP contribution < -0.4 is 0 Å². The molecule has 0 bridgehead atoms. The van der Waals surface area contributed by atoms with Crippen LogP contribution in [0, 0.1) is 0 Å². The topological polar surface area (TPSA) is 91.0 Å². The lowest BCUT2D eigenvalue weighted by Crippen LogP contribution is -2.50. The summed E-state index contributed by atoms with van der Waals surface area (Å²) < 4.78 is 48.6. The number of aliphatic hydroxyl groups excluding tert-OH is 2. The van der Waals surface area contributed by atoms with Gasteiger partial charge in [-0.15, -0.1) is 11.3 Å². The maximum atomic E-state index is 13.6. The van der Waals surface area contributed by atoms with Gasteiger partial charge in [-0.1, -0.05) is 0 Å². The van der Waals surface area contributed by atoms with Crippen LogP contribution in [-0.4, -0.2) is 60.9 Å². The van der Waals surface area contributed by atoms with Gasteiger partial charge in [-0.3, -0.25) is 9.58 Å². The number of fused-ring (bicyclic) bond motifs is 2. The molecule has 7 nitrogen and oxygen atoms in total. The van der Waals surface area contributed by atoms with E-state index in [9.17, 15) is 28.5 Å². The Morgan fingerprint density at radius 3 is 2.71 bits per heavy atom. The fraction of sp³-hybridized carbons (Fsp3) is 0.696. The van der Waals surface area contributed by atoms with Crippen molar-refractivity contribution in [2.24, 2.45) is 0 Å². The summed E-state index contributed by atoms with van der Waals surface area (Å²) in [5, 5.41) is 34.0. The second kappa shape index (κ2) is 9.18. The third kappa shape index (κ3) is 4.91. The van der Waals surface area contributed by atoms with Gasteiger partial charge in [-0.05, 0) is 45.6 Å². The lowest BCUT2D eigenvalue weighted by atomic mass is 9.81. The first kappa shape index (κ1) is 25.6. The minimum Gasteiger partial charge on any atom is -0.392 e. The molecule has 4 heterocycles. The van der Waals surface area contributed by atoms with Crippen LogP contribution in [0.1, 0.15) is 60.1 Å². The number of likely N-dealkylation sites (tertiary alicyclic amines) is 1. The molecule has 0 unspecified atom stereocenters. The van der Waals surface area contributed by atoms with Crippen molar-refractivity contribution in [3.8, 4) is 0 Å². The standard InChI is InChI=1S/C23H32F3N3O4S/c1-14-8-22(19-16(4-7-33-22)17(13-30)20(34-19)23(24,25)26)5-6-28(14)10-15-9-27-29(11-15)12-18(31)21(2,3)32/h9,11,14,18,30-32H,4-8,10,12-13H2,1-3H3/t14-,18+,22+/m0/s1. The summed E-state index contributed by atoms with van der Waals surface area (Å²) >= 11 is 0.731. The first-order valence-electron chi connectivity index (χ1n) is 11.5. The van der Waals surface area contributed by atoms with E-state index in [-0.39, 0.29) is 18.2 Å². The van der Waals surface area contributed by atoms with Crippen molar-refractivity contribution in [2.75, 3.05) is 13.2 Å². The molecule has 4 rings (SSSR count). The average molecular weight is 504 g/mol. The number of hydrogen-bond acceptors (Lipinski definition) is 7. The highest BCUT2D eigenvalue weighted by Crippen LogP contribution is 2.51. The normalized spacial score (nSPS) is 25.0. The lowest BCUT2D eigenvalue weighted by molar-refractivity contribution is -0.135. The highest BCUT2D eigenvalue weighted by atomic mass is 32.1. The zero-order chi connectivity index (χ0) is 24.9. The smallest absolute Gasteiger partial charge is 0.392 e. The van der Waals surface area contributed by atoms with E-state index in [0.29, 0.717) is 49.4 Å². The fourth-order valence-electron chi connectivity index (χ4n) is 4.99. The SMILES string of the molecule is C[C@H]1C[C@@]2(CCN1Cc1cnn(C[C@@H](O)C(C)(C)O)c1)OCCc1c2sc(C(F)(F)F)c1CO. The Bertz CT molecular complexity index is 1020. The largest absolute Gasteiger partial charge is 0.425 e. The van der Waals surface area contributed by atoms with E-state index in [1.807, 2.05) is 13.1 Å². The number of aromatic nitrogens is 2. The molecule has 0 amide bonds. The van der Waals surface area contributed by atoms with Crippen LogP contribution in [0.15, 0.2) is 12.4 Å². The molecule has 2 aromatic rings. The van der Waals surface area contributed by atoms with Gasteiger partial charge >= 0.3 is 6.18 Å². The van der Waals surface area contributed by atoms with Crippen molar-refractivity contribution in [3.05, 3.63) is 38.8 Å². The first-order chi connectivity index (χ1) is 15.8. The molecule has 0 aromatic carbocycles. The predicted octanol–water partition coefficient (Wildman–Crippen LogP) is 3.04. The van der Waals surface area contributed by atoms with Gasteiger partial charge in [0.1, 0.15) is 16.6 Å². The summed E-state index contributed by atoms with van der Waals surface area (Å²) in [6.07, 6.45) is -0.370. The second-order valence-electron chi connectivity index (χ2n) is 9.98. The number of thiophene rings is 1. The molecule has 0 saturated carbocycles. The molecular formula is C23H32F3N3O4S. The van der Waals surface area contributed by atoms with E-state index in [1.165, 1.54) is 0 Å². The van der Waals surface area contributed by atoms with Gasteiger partial charge in [0.05, 0.1) is 31.6 Å². The first-order valence-corrected chi connectivity index (χ1v) is 12.3. The van der Waals surface area contributed by atoms with Crippen molar-refractivity contribution in [1.29, 1.82) is 0 Å². The Morgan fingerprint density at radius 2 is 2.09 bits per heavy atom. The summed E-state index contributed by atoms with van der Waals surface area (Å²) in [6.45, 7) is 6.29. The maximum Gasteiger partial charge on any atom is 0.425 e. The van der Waals surface area contributed by atoms with Crippen molar-refractivity contribution in [2.45, 2.75) is 89.3 Å². The molecule has 1 fully saturated rings. The third-order valence-electron chi connectivity index (χ3n) is 6.98. The molecule has 3 atom stereocenters. The molecule has 2 aliphatic rings. The Kier molecular flexibility index (Phi) is 6.91. The zero-order valence-electron chi connectivity index (χ0n) is 19.6. The van der Waals surface area contributed by atoms with Crippen molar-refractivity contribution >= 4 is 11.3 Å². The number of alkyl halides is 3. The number of piperidine rings is 1. The Balaban J connectivity index is 1.48. The van der Waals surface area contributed by atoms with Crippen LogP contribution in [0.3, 0.4) is 0 Å². The summed E-state index contributed by atoms with van der Waals surface area (Å²) in [4.78, 5) is 2.16. The number of nitrogens with zero attached hydrogens (tertiary/aromatic N) is 3. The summed E-state index contributed by atoms with van der Waals surface area (Å²) in [7, 11) is 0. The Hall–Kier alpha value is -1.50. The molecule has 0 radical (unpaired) electrons. The van der Waals surface area contributed by atoms with Crippen LogP contribution in [0.25, 0.3) is 0 Å². The molecule has 1 spiro atoms. The fourth-order valence-corrected chi connectivity index (χ4v) is 6.40. The number of aliphatic hydroxyl groups is 3. The molecule has 3 N–H and O–H groups in total. The van der Waals surface area contributed by atoms with Gasteiger partial charge in [0.2, 0.25) is 0 Å². The van der Waals surface area contributed by atoms with E-state index in [1.54, 1.807) is 24.7 Å². The Morgan fingerprint density at radius 1 is 1.35 bits per heavy atom. The molecule has 2 aliphatic heterocycles. The van der Waals surface area contributed by atoms with E-state index in [4.69, 9.17) is 4.74 Å². The van der Waals surface area contributed by atoms with Crippen LogP contribution in [0.2, 0.25) is 0 Å². The lowest BCUT2D eigenvalue weighted by Gasteiger charge is -2.47. The minimum atomic E-state index is -4.49. The predicted molar refractivity (Wildman–Crippen MR) is 120 cm³/mol. The van der Waals surface area contributed by atoms with Gasteiger partial charge in [-0.25, -0.2) is 0 Å². The van der Waals surface area contributed by atoms with E-state index >= 15 is 0 Å². The van der Waals surface area contributed by atoms with Crippen LogP contribution in [0.5, 0.6) is 0 Å². The summed E-state index contributed by atoms with van der Waals surface area (Å²) in [5.41, 5.74) is -0.425. The average Bonchev–Trinajstić information content (AvgIpc) is 3.34. The molecule has 1 saturated heterocycles. The maximum absolute atomic E-state index is 13.6. The van der Waals surface area contributed by atoms with Crippen molar-refractivity contribution in [3.63, 3.8) is 0 Å². The summed E-state index contributed by atoms with van der Waals surface area (Å²) in [6, 6.07) is 0.0547. The van der Waals surface area contributed by atoms with Gasteiger partial charge in [-0.2, -0.15) is 18.3 Å². The van der Waals surface area contributed by atoms with E-state index < -0.39 is 35.0 Å². The highest BCUT2D eigenvalue weighted by Gasteiger charge is 2.48. The monoisotopic (exact) mass is 503 g/mol. The van der Waals surface area contributed by atoms with Crippen LogP contribution in [-0.2, 0) is 42.6 Å². The van der Waals surface area contributed by atoms with Gasteiger partial charge in [0.15, 0.2) is 0 Å². The minimum absolute atomic E-state index is 0.00548. The van der Waals surface area contributed by atoms with Gasteiger partial charge in [0.25, 0.3) is 0 Å². The van der Waals surface area contributed by atoms with Crippen molar-refractivity contribution < 1.29 is 33.2 Å². The molecule has 2 aromatic heterocycles. The highest BCUT2D eigenvalue weighted by molar-refractivity contribution is 7.12. The molecule has 11 heteroatoms.